The van der Waals surface area contributed by atoms with Crippen LogP contribution in [0.3, 0.4) is 0 Å². The Morgan fingerprint density at radius 1 is 1.16 bits per heavy atom. The number of aryl methyl sites for hydroxylation is 2. The van der Waals surface area contributed by atoms with Crippen LogP contribution in [0, 0.1) is 13.8 Å². The van der Waals surface area contributed by atoms with E-state index in [9.17, 15) is 9.59 Å². The molecule has 2 unspecified atom stereocenters. The van der Waals surface area contributed by atoms with Crippen molar-refractivity contribution >= 4 is 17.5 Å². The van der Waals surface area contributed by atoms with Crippen molar-refractivity contribution in [1.82, 2.24) is 0 Å². The molecule has 0 radical (unpaired) electrons. The first-order valence-corrected chi connectivity index (χ1v) is 8.40. The number of amides is 2. The van der Waals surface area contributed by atoms with Crippen LogP contribution < -0.4 is 16.4 Å². The second-order valence-corrected chi connectivity index (χ2v) is 6.70. The first-order chi connectivity index (χ1) is 11.9. The Balaban J connectivity index is 2.20. The number of fused-ring (bicyclic) bond motifs is 1. The summed E-state index contributed by atoms with van der Waals surface area (Å²) < 4.78 is 0. The molecule has 1 aliphatic heterocycles. The van der Waals surface area contributed by atoms with Gasteiger partial charge in [-0.15, -0.1) is 0 Å². The molecule has 1 aliphatic rings. The Hall–Kier alpha value is -2.66. The van der Waals surface area contributed by atoms with Gasteiger partial charge in [-0.2, -0.15) is 0 Å². The fraction of sp³-hybridized carbons (Fsp3) is 0.300. The minimum absolute atomic E-state index is 0.00590. The first-order valence-electron chi connectivity index (χ1n) is 8.40. The Kier molecular flexibility index (Phi) is 4.59. The van der Waals surface area contributed by atoms with Crippen molar-refractivity contribution in [2.24, 2.45) is 11.5 Å². The average molecular weight is 337 g/mol. The fourth-order valence-electron chi connectivity index (χ4n) is 3.57. The third kappa shape index (κ3) is 3.28. The van der Waals surface area contributed by atoms with E-state index in [-0.39, 0.29) is 18.4 Å². The van der Waals surface area contributed by atoms with Gasteiger partial charge in [0, 0.05) is 11.6 Å². The molecule has 5 heteroatoms. The topological polar surface area (TPSA) is 89.4 Å². The van der Waals surface area contributed by atoms with Gasteiger partial charge in [0.25, 0.3) is 0 Å². The number of nitrogens with two attached hydrogens (primary N) is 2. The van der Waals surface area contributed by atoms with Crippen LogP contribution in [0.1, 0.15) is 34.6 Å². The van der Waals surface area contributed by atoms with E-state index in [0.29, 0.717) is 6.42 Å². The molecule has 130 valence electrons. The van der Waals surface area contributed by atoms with Crippen molar-refractivity contribution in [3.63, 3.8) is 0 Å². The van der Waals surface area contributed by atoms with Crippen molar-refractivity contribution in [1.29, 1.82) is 0 Å². The molecule has 2 atom stereocenters. The van der Waals surface area contributed by atoms with E-state index in [4.69, 9.17) is 11.5 Å². The Morgan fingerprint density at radius 3 is 2.56 bits per heavy atom. The van der Waals surface area contributed by atoms with Crippen LogP contribution in [0.5, 0.6) is 0 Å². The summed E-state index contributed by atoms with van der Waals surface area (Å²) in [4.78, 5) is 25.8. The summed E-state index contributed by atoms with van der Waals surface area (Å²) >= 11 is 0. The number of carbonyl (C=O) groups excluding carboxylic acids is 2. The standard InChI is InChI=1S/C20H23N3O2/c1-12-7-8-15-16(14-6-4-3-5-13(14)2)10-17(21)20(25)23(11-19(22)24)18(15)9-12/h3-9,16-17H,10-11,21H2,1-2H3,(H2,22,24). The molecule has 0 spiro atoms. The molecule has 0 saturated carbocycles. The van der Waals surface area contributed by atoms with Crippen molar-refractivity contribution in [2.75, 3.05) is 11.4 Å². The highest BCUT2D eigenvalue weighted by atomic mass is 16.2. The molecular formula is C20H23N3O2. The molecule has 0 bridgehead atoms. The van der Waals surface area contributed by atoms with Gasteiger partial charge >= 0.3 is 0 Å². The zero-order valence-corrected chi connectivity index (χ0v) is 14.5. The lowest BCUT2D eigenvalue weighted by Crippen LogP contribution is -2.46. The van der Waals surface area contributed by atoms with Crippen molar-refractivity contribution in [3.05, 3.63) is 64.7 Å². The molecule has 3 rings (SSSR count). The van der Waals surface area contributed by atoms with Gasteiger partial charge in [0.1, 0.15) is 6.54 Å². The second kappa shape index (κ2) is 6.69. The van der Waals surface area contributed by atoms with Gasteiger partial charge in [0.2, 0.25) is 11.8 Å². The van der Waals surface area contributed by atoms with Crippen LogP contribution in [0.2, 0.25) is 0 Å². The van der Waals surface area contributed by atoms with E-state index in [2.05, 4.69) is 19.1 Å². The monoisotopic (exact) mass is 337 g/mol. The lowest BCUT2D eigenvalue weighted by atomic mass is 9.84. The quantitative estimate of drug-likeness (QED) is 0.897. The van der Waals surface area contributed by atoms with Gasteiger partial charge < -0.3 is 16.4 Å². The molecule has 25 heavy (non-hydrogen) atoms. The van der Waals surface area contributed by atoms with Crippen molar-refractivity contribution in [3.8, 4) is 0 Å². The van der Waals surface area contributed by atoms with Gasteiger partial charge in [-0.1, -0.05) is 36.4 Å². The predicted octanol–water partition coefficient (Wildman–Crippen LogP) is 1.98. The van der Waals surface area contributed by atoms with Crippen LogP contribution in [-0.2, 0) is 9.59 Å². The smallest absolute Gasteiger partial charge is 0.244 e. The zero-order chi connectivity index (χ0) is 18.1. The van der Waals surface area contributed by atoms with E-state index >= 15 is 0 Å². The first kappa shape index (κ1) is 17.2. The lowest BCUT2D eigenvalue weighted by Gasteiger charge is -2.24. The number of hydrogen-bond donors (Lipinski definition) is 2. The van der Waals surface area contributed by atoms with Gasteiger partial charge in [0.05, 0.1) is 6.04 Å². The largest absolute Gasteiger partial charge is 0.368 e. The number of anilines is 1. The molecule has 0 aliphatic carbocycles. The van der Waals surface area contributed by atoms with Gasteiger partial charge in [-0.3, -0.25) is 9.59 Å². The van der Waals surface area contributed by atoms with Gasteiger partial charge in [-0.05, 0) is 48.6 Å². The maximum Gasteiger partial charge on any atom is 0.244 e. The summed E-state index contributed by atoms with van der Waals surface area (Å²) in [7, 11) is 0. The molecule has 0 aromatic heterocycles. The molecule has 2 aromatic carbocycles. The Morgan fingerprint density at radius 2 is 1.88 bits per heavy atom. The lowest BCUT2D eigenvalue weighted by molar-refractivity contribution is -0.123. The summed E-state index contributed by atoms with van der Waals surface area (Å²) in [5.74, 6) is -0.822. The minimum atomic E-state index is -0.684. The summed E-state index contributed by atoms with van der Waals surface area (Å²) in [5, 5.41) is 0. The average Bonchev–Trinajstić information content (AvgIpc) is 2.66. The highest BCUT2D eigenvalue weighted by Gasteiger charge is 2.34. The zero-order valence-electron chi connectivity index (χ0n) is 14.5. The van der Waals surface area contributed by atoms with Crippen LogP contribution in [0.25, 0.3) is 0 Å². The van der Waals surface area contributed by atoms with Crippen LogP contribution in [-0.4, -0.2) is 24.4 Å². The number of hydrogen-bond acceptors (Lipinski definition) is 3. The number of carbonyl (C=O) groups is 2. The summed E-state index contributed by atoms with van der Waals surface area (Å²) in [6.07, 6.45) is 0.495. The highest BCUT2D eigenvalue weighted by Crippen LogP contribution is 2.40. The normalized spacial score (nSPS) is 20.1. The van der Waals surface area contributed by atoms with Crippen LogP contribution >= 0.6 is 0 Å². The summed E-state index contributed by atoms with van der Waals surface area (Å²) in [6, 6.07) is 13.4. The summed E-state index contributed by atoms with van der Waals surface area (Å²) in [5.41, 5.74) is 16.6. The maximum absolute atomic E-state index is 12.8. The number of rotatable bonds is 3. The van der Waals surface area contributed by atoms with E-state index < -0.39 is 11.9 Å². The van der Waals surface area contributed by atoms with Crippen molar-refractivity contribution in [2.45, 2.75) is 32.2 Å². The minimum Gasteiger partial charge on any atom is -0.368 e. The molecule has 0 saturated heterocycles. The van der Waals surface area contributed by atoms with Crippen molar-refractivity contribution < 1.29 is 9.59 Å². The molecule has 0 fully saturated rings. The number of benzene rings is 2. The fourth-order valence-corrected chi connectivity index (χ4v) is 3.57. The Bertz CT molecular complexity index is 831. The van der Waals surface area contributed by atoms with E-state index in [1.54, 1.807) is 0 Å². The SMILES string of the molecule is Cc1ccc2c(c1)N(CC(N)=O)C(=O)C(N)CC2c1ccccc1C. The third-order valence-electron chi connectivity index (χ3n) is 4.80. The van der Waals surface area contributed by atoms with Crippen LogP contribution in [0.15, 0.2) is 42.5 Å². The highest BCUT2D eigenvalue weighted by molar-refractivity contribution is 6.02. The maximum atomic E-state index is 12.8. The molecule has 5 nitrogen and oxygen atoms in total. The molecular weight excluding hydrogens is 314 g/mol. The van der Waals surface area contributed by atoms with E-state index in [0.717, 1.165) is 27.9 Å². The third-order valence-corrected chi connectivity index (χ3v) is 4.80. The number of primary amides is 1. The predicted molar refractivity (Wildman–Crippen MR) is 98.3 cm³/mol. The van der Waals surface area contributed by atoms with Gasteiger partial charge in [0.15, 0.2) is 0 Å². The Labute approximate surface area is 147 Å². The molecule has 1 heterocycles. The molecule has 2 amide bonds. The summed E-state index contributed by atoms with van der Waals surface area (Å²) in [6.45, 7) is 3.85. The van der Waals surface area contributed by atoms with Gasteiger partial charge in [-0.25, -0.2) is 0 Å². The molecule has 4 N–H and O–H groups in total. The van der Waals surface area contributed by atoms with Crippen LogP contribution in [0.4, 0.5) is 5.69 Å². The second-order valence-electron chi connectivity index (χ2n) is 6.70. The van der Waals surface area contributed by atoms with E-state index in [1.165, 1.54) is 4.90 Å². The number of nitrogens with zero attached hydrogens (tertiary/aromatic N) is 1. The van der Waals surface area contributed by atoms with E-state index in [1.807, 2.05) is 37.3 Å². The molecule has 2 aromatic rings.